The number of hydrogen-bond acceptors (Lipinski definition) is 1. The zero-order chi connectivity index (χ0) is 14.9. The molecule has 0 spiro atoms. The van der Waals surface area contributed by atoms with Gasteiger partial charge in [-0.15, -0.1) is 0 Å². The van der Waals surface area contributed by atoms with Crippen LogP contribution in [0.5, 0.6) is 0 Å². The number of aryl methyl sites for hydroxylation is 1. The van der Waals surface area contributed by atoms with Crippen molar-refractivity contribution in [1.82, 2.24) is 0 Å². The molecule has 1 atom stereocenters. The van der Waals surface area contributed by atoms with Crippen LogP contribution in [-0.4, -0.2) is 0 Å². The highest BCUT2D eigenvalue weighted by Gasteiger charge is 2.11. The summed E-state index contributed by atoms with van der Waals surface area (Å²) in [6.07, 6.45) is 0. The fourth-order valence-electron chi connectivity index (χ4n) is 1.86. The number of nitrogens with one attached hydrogen (secondary N) is 1. The standard InChI is InChI=1S/C15H13BrCl2FN/c1-8-5-11(16)15(7-12(8)17)20-9(2)10-3-4-14(19)13(18)6-10/h3-7,9,20H,1-2H3. The van der Waals surface area contributed by atoms with Crippen LogP contribution >= 0.6 is 39.1 Å². The molecule has 5 heteroatoms. The topological polar surface area (TPSA) is 12.0 Å². The molecule has 0 fully saturated rings. The first-order valence-corrected chi connectivity index (χ1v) is 7.60. The normalized spacial score (nSPS) is 12.3. The highest BCUT2D eigenvalue weighted by Crippen LogP contribution is 2.32. The van der Waals surface area contributed by atoms with Gasteiger partial charge in [0.05, 0.1) is 10.7 Å². The van der Waals surface area contributed by atoms with E-state index in [-0.39, 0.29) is 11.1 Å². The van der Waals surface area contributed by atoms with Gasteiger partial charge in [0.1, 0.15) is 5.82 Å². The second-order valence-corrected chi connectivity index (χ2v) is 6.29. The summed E-state index contributed by atoms with van der Waals surface area (Å²) in [5, 5.41) is 4.15. The van der Waals surface area contributed by atoms with Crippen molar-refractivity contribution < 1.29 is 4.39 Å². The second kappa shape index (κ2) is 6.33. The Morgan fingerprint density at radius 3 is 2.50 bits per heavy atom. The van der Waals surface area contributed by atoms with Gasteiger partial charge in [0, 0.05) is 15.5 Å². The van der Waals surface area contributed by atoms with Crippen molar-refractivity contribution in [3.63, 3.8) is 0 Å². The molecule has 2 aromatic carbocycles. The first-order chi connectivity index (χ1) is 9.38. The van der Waals surface area contributed by atoms with E-state index in [0.29, 0.717) is 5.02 Å². The first kappa shape index (κ1) is 15.6. The van der Waals surface area contributed by atoms with E-state index in [0.717, 1.165) is 21.3 Å². The summed E-state index contributed by atoms with van der Waals surface area (Å²) in [6.45, 7) is 3.92. The predicted octanol–water partition coefficient (Wildman–Crippen LogP) is 6.38. The molecule has 0 saturated heterocycles. The second-order valence-electron chi connectivity index (χ2n) is 4.62. The van der Waals surface area contributed by atoms with Crippen LogP contribution in [-0.2, 0) is 0 Å². The van der Waals surface area contributed by atoms with Crippen molar-refractivity contribution >= 4 is 44.8 Å². The molecule has 0 heterocycles. The molecule has 0 radical (unpaired) electrons. The predicted molar refractivity (Wildman–Crippen MR) is 87.3 cm³/mol. The molecule has 20 heavy (non-hydrogen) atoms. The Morgan fingerprint density at radius 2 is 1.85 bits per heavy atom. The van der Waals surface area contributed by atoms with Crippen molar-refractivity contribution in [3.8, 4) is 0 Å². The quantitative estimate of drug-likeness (QED) is 0.655. The number of rotatable bonds is 3. The van der Waals surface area contributed by atoms with Gasteiger partial charge in [-0.2, -0.15) is 0 Å². The summed E-state index contributed by atoms with van der Waals surface area (Å²) < 4.78 is 14.1. The average Bonchev–Trinajstić information content (AvgIpc) is 2.39. The lowest BCUT2D eigenvalue weighted by Gasteiger charge is -2.18. The van der Waals surface area contributed by atoms with Gasteiger partial charge < -0.3 is 5.32 Å². The van der Waals surface area contributed by atoms with Gasteiger partial charge in [-0.1, -0.05) is 29.3 Å². The first-order valence-electron chi connectivity index (χ1n) is 6.05. The molecule has 2 rings (SSSR count). The third kappa shape index (κ3) is 3.46. The van der Waals surface area contributed by atoms with Crippen molar-refractivity contribution in [2.24, 2.45) is 0 Å². The van der Waals surface area contributed by atoms with E-state index in [9.17, 15) is 4.39 Å². The van der Waals surface area contributed by atoms with Crippen molar-refractivity contribution in [2.45, 2.75) is 19.9 Å². The van der Waals surface area contributed by atoms with Crippen LogP contribution in [0.2, 0.25) is 10.0 Å². The van der Waals surface area contributed by atoms with E-state index in [1.807, 2.05) is 26.0 Å². The molecular formula is C15H13BrCl2FN. The summed E-state index contributed by atoms with van der Waals surface area (Å²) in [6, 6.07) is 8.49. The Labute approximate surface area is 136 Å². The molecule has 2 aromatic rings. The Morgan fingerprint density at radius 1 is 1.15 bits per heavy atom. The van der Waals surface area contributed by atoms with E-state index in [1.165, 1.54) is 6.07 Å². The summed E-state index contributed by atoms with van der Waals surface area (Å²) >= 11 is 15.4. The molecule has 1 nitrogen and oxygen atoms in total. The molecule has 106 valence electrons. The van der Waals surface area contributed by atoms with Crippen LogP contribution in [0.3, 0.4) is 0 Å². The fraction of sp³-hybridized carbons (Fsp3) is 0.200. The van der Waals surface area contributed by atoms with Crippen LogP contribution in [0.15, 0.2) is 34.8 Å². The van der Waals surface area contributed by atoms with Crippen LogP contribution in [0.25, 0.3) is 0 Å². The number of benzene rings is 2. The minimum absolute atomic E-state index is 0.0248. The average molecular weight is 377 g/mol. The van der Waals surface area contributed by atoms with Crippen LogP contribution in [0, 0.1) is 12.7 Å². The monoisotopic (exact) mass is 375 g/mol. The third-order valence-electron chi connectivity index (χ3n) is 3.06. The number of hydrogen-bond donors (Lipinski definition) is 1. The lowest BCUT2D eigenvalue weighted by atomic mass is 10.1. The SMILES string of the molecule is Cc1cc(Br)c(NC(C)c2ccc(F)c(Cl)c2)cc1Cl. The smallest absolute Gasteiger partial charge is 0.141 e. The van der Waals surface area contributed by atoms with Gasteiger partial charge in [-0.05, 0) is 65.2 Å². The Balaban J connectivity index is 2.25. The van der Waals surface area contributed by atoms with E-state index >= 15 is 0 Å². The number of halogens is 4. The van der Waals surface area contributed by atoms with Gasteiger partial charge in [0.15, 0.2) is 0 Å². The van der Waals surface area contributed by atoms with Crippen LogP contribution in [0.4, 0.5) is 10.1 Å². The zero-order valence-electron chi connectivity index (χ0n) is 11.0. The molecule has 1 N–H and O–H groups in total. The highest BCUT2D eigenvalue weighted by atomic mass is 79.9. The molecule has 0 bridgehead atoms. The van der Waals surface area contributed by atoms with Crippen LogP contribution < -0.4 is 5.32 Å². The van der Waals surface area contributed by atoms with Gasteiger partial charge in [-0.25, -0.2) is 4.39 Å². The largest absolute Gasteiger partial charge is 0.378 e. The fourth-order valence-corrected chi connectivity index (χ4v) is 2.78. The van der Waals surface area contributed by atoms with E-state index in [4.69, 9.17) is 23.2 Å². The van der Waals surface area contributed by atoms with Gasteiger partial charge in [0.25, 0.3) is 0 Å². The Bertz CT molecular complexity index is 646. The maximum absolute atomic E-state index is 13.2. The molecule has 0 amide bonds. The molecule has 0 aliphatic rings. The van der Waals surface area contributed by atoms with E-state index in [2.05, 4.69) is 21.2 Å². The van der Waals surface area contributed by atoms with E-state index < -0.39 is 5.82 Å². The lowest BCUT2D eigenvalue weighted by Crippen LogP contribution is -2.07. The summed E-state index contributed by atoms with van der Waals surface area (Å²) in [4.78, 5) is 0. The van der Waals surface area contributed by atoms with Gasteiger partial charge >= 0.3 is 0 Å². The van der Waals surface area contributed by atoms with Crippen molar-refractivity contribution in [3.05, 3.63) is 61.8 Å². The Kier molecular flexibility index (Phi) is 4.95. The summed E-state index contributed by atoms with van der Waals surface area (Å²) in [5.74, 6) is -0.415. The molecule has 1 unspecified atom stereocenters. The molecule has 0 aromatic heterocycles. The molecule has 0 saturated carbocycles. The molecular weight excluding hydrogens is 364 g/mol. The van der Waals surface area contributed by atoms with Gasteiger partial charge in [-0.3, -0.25) is 0 Å². The minimum atomic E-state index is -0.415. The van der Waals surface area contributed by atoms with Crippen LogP contribution in [0.1, 0.15) is 24.1 Å². The van der Waals surface area contributed by atoms with E-state index in [1.54, 1.807) is 12.1 Å². The lowest BCUT2D eigenvalue weighted by molar-refractivity contribution is 0.627. The maximum atomic E-state index is 13.2. The molecule has 0 aliphatic heterocycles. The summed E-state index contributed by atoms with van der Waals surface area (Å²) in [5.41, 5.74) is 2.79. The molecule has 0 aliphatic carbocycles. The number of anilines is 1. The Hall–Kier alpha value is -0.770. The maximum Gasteiger partial charge on any atom is 0.141 e. The summed E-state index contributed by atoms with van der Waals surface area (Å²) in [7, 11) is 0. The highest BCUT2D eigenvalue weighted by molar-refractivity contribution is 9.10. The van der Waals surface area contributed by atoms with Crippen molar-refractivity contribution in [1.29, 1.82) is 0 Å². The minimum Gasteiger partial charge on any atom is -0.378 e. The third-order valence-corrected chi connectivity index (χ3v) is 4.42. The van der Waals surface area contributed by atoms with Crippen molar-refractivity contribution in [2.75, 3.05) is 5.32 Å². The zero-order valence-corrected chi connectivity index (χ0v) is 14.1. The van der Waals surface area contributed by atoms with Gasteiger partial charge in [0.2, 0.25) is 0 Å².